The number of thiophene rings is 1. The fourth-order valence-electron chi connectivity index (χ4n) is 3.57. The van der Waals surface area contributed by atoms with E-state index in [2.05, 4.69) is 71.5 Å². The minimum Gasteiger partial charge on any atom is -0.367 e. The molecular weight excluding hydrogens is 414 g/mol. The molecule has 0 unspecified atom stereocenters. The molecule has 2 aromatic rings. The number of rotatable bonds is 8. The van der Waals surface area contributed by atoms with Crippen LogP contribution >= 0.6 is 11.3 Å². The van der Waals surface area contributed by atoms with Crippen LogP contribution in [0.5, 0.6) is 0 Å². The van der Waals surface area contributed by atoms with Crippen molar-refractivity contribution in [2.45, 2.75) is 47.0 Å². The molecular formula is C26H29N5S. The van der Waals surface area contributed by atoms with E-state index in [0.717, 1.165) is 43.6 Å². The summed E-state index contributed by atoms with van der Waals surface area (Å²) in [6.45, 7) is 10.2. The first kappa shape index (κ1) is 23.4. The third-order valence-electron chi connectivity index (χ3n) is 5.56. The molecule has 5 nitrogen and oxygen atoms in total. The molecule has 0 N–H and O–H groups in total. The Balaban J connectivity index is 1.84. The zero-order valence-electron chi connectivity index (χ0n) is 19.2. The maximum Gasteiger partial charge on any atom is 0.158 e. The second kappa shape index (κ2) is 10.9. The third kappa shape index (κ3) is 5.72. The van der Waals surface area contributed by atoms with Gasteiger partial charge in [-0.1, -0.05) is 32.1 Å². The molecule has 0 radical (unpaired) electrons. The molecule has 1 aromatic carbocycles. The highest BCUT2D eigenvalue weighted by atomic mass is 32.1. The number of hydrogen-bond acceptors (Lipinski definition) is 6. The van der Waals surface area contributed by atoms with Gasteiger partial charge in [-0.2, -0.15) is 10.5 Å². The molecule has 0 saturated carbocycles. The predicted molar refractivity (Wildman–Crippen MR) is 132 cm³/mol. The summed E-state index contributed by atoms with van der Waals surface area (Å²) in [5.74, 6) is 0.643. The quantitative estimate of drug-likeness (QED) is 0.393. The van der Waals surface area contributed by atoms with E-state index in [1.165, 1.54) is 22.6 Å². The van der Waals surface area contributed by atoms with Crippen LogP contribution in [0.1, 0.15) is 54.7 Å². The fraction of sp³-hybridized carbons (Fsp3) is 0.385. The van der Waals surface area contributed by atoms with Gasteiger partial charge in [0.05, 0.1) is 11.3 Å². The van der Waals surface area contributed by atoms with Gasteiger partial charge in [0.2, 0.25) is 0 Å². The van der Waals surface area contributed by atoms with E-state index in [-0.39, 0.29) is 0 Å². The van der Waals surface area contributed by atoms with Gasteiger partial charge in [-0.15, -0.1) is 21.6 Å². The molecule has 3 rings (SSSR count). The van der Waals surface area contributed by atoms with Crippen LogP contribution in [-0.4, -0.2) is 13.1 Å². The Labute approximate surface area is 195 Å². The van der Waals surface area contributed by atoms with E-state index in [1.807, 2.05) is 13.0 Å². The molecule has 164 valence electrons. The first-order chi connectivity index (χ1) is 15.4. The lowest BCUT2D eigenvalue weighted by Gasteiger charge is -2.27. The van der Waals surface area contributed by atoms with Crippen molar-refractivity contribution in [3.8, 4) is 12.1 Å². The van der Waals surface area contributed by atoms with Crippen LogP contribution in [0.2, 0.25) is 0 Å². The van der Waals surface area contributed by atoms with Crippen molar-refractivity contribution in [2.24, 2.45) is 16.1 Å². The van der Waals surface area contributed by atoms with Gasteiger partial charge < -0.3 is 4.90 Å². The number of allylic oxidation sites excluding steroid dienone is 2. The Morgan fingerprint density at radius 3 is 2.56 bits per heavy atom. The van der Waals surface area contributed by atoms with Crippen LogP contribution < -0.4 is 4.90 Å². The fourth-order valence-corrected chi connectivity index (χ4v) is 4.45. The second-order valence-electron chi connectivity index (χ2n) is 8.49. The maximum absolute atomic E-state index is 9.41. The van der Waals surface area contributed by atoms with E-state index in [9.17, 15) is 10.5 Å². The second-order valence-corrected chi connectivity index (χ2v) is 9.49. The molecule has 1 heterocycles. The summed E-state index contributed by atoms with van der Waals surface area (Å²) >= 11 is 1.21. The lowest BCUT2D eigenvalue weighted by atomic mass is 10.0. The molecule has 0 atom stereocenters. The SMILES string of the molecule is Cc1cc(N(CCC(C)C)CC2=CCCC=C2)ccc1N=Nc1sc(C#N)c(C)c1C#N. The van der Waals surface area contributed by atoms with Crippen molar-refractivity contribution in [3.05, 3.63) is 63.6 Å². The first-order valence-electron chi connectivity index (χ1n) is 11.0. The van der Waals surface area contributed by atoms with Crippen molar-refractivity contribution in [1.29, 1.82) is 10.5 Å². The minimum atomic E-state index is 0.429. The van der Waals surface area contributed by atoms with Crippen LogP contribution in [0.3, 0.4) is 0 Å². The molecule has 0 saturated heterocycles. The highest BCUT2D eigenvalue weighted by Crippen LogP contribution is 2.36. The van der Waals surface area contributed by atoms with Crippen molar-refractivity contribution in [1.82, 2.24) is 0 Å². The van der Waals surface area contributed by atoms with Gasteiger partial charge in [0.15, 0.2) is 5.00 Å². The Morgan fingerprint density at radius 1 is 1.12 bits per heavy atom. The molecule has 0 spiro atoms. The van der Waals surface area contributed by atoms with Crippen molar-refractivity contribution in [3.63, 3.8) is 0 Å². The van der Waals surface area contributed by atoms with E-state index >= 15 is 0 Å². The van der Waals surface area contributed by atoms with E-state index in [4.69, 9.17) is 0 Å². The Bertz CT molecular complexity index is 1140. The molecule has 0 bridgehead atoms. The number of anilines is 1. The molecule has 32 heavy (non-hydrogen) atoms. The average molecular weight is 444 g/mol. The number of nitrogens with zero attached hydrogens (tertiary/aromatic N) is 5. The van der Waals surface area contributed by atoms with E-state index < -0.39 is 0 Å². The number of hydrogen-bond donors (Lipinski definition) is 0. The topological polar surface area (TPSA) is 75.5 Å². The summed E-state index contributed by atoms with van der Waals surface area (Å²) in [4.78, 5) is 2.94. The molecule has 0 amide bonds. The molecule has 1 aliphatic carbocycles. The van der Waals surface area contributed by atoms with Crippen LogP contribution in [0.25, 0.3) is 0 Å². The van der Waals surface area contributed by atoms with Crippen molar-refractivity contribution in [2.75, 3.05) is 18.0 Å². The summed E-state index contributed by atoms with van der Waals surface area (Å²) in [6.07, 6.45) is 10.2. The summed E-state index contributed by atoms with van der Waals surface area (Å²) < 4.78 is 0. The summed E-state index contributed by atoms with van der Waals surface area (Å²) in [6, 6.07) is 10.5. The summed E-state index contributed by atoms with van der Waals surface area (Å²) in [7, 11) is 0. The largest absolute Gasteiger partial charge is 0.367 e. The van der Waals surface area contributed by atoms with Crippen LogP contribution in [0, 0.1) is 42.4 Å². The Morgan fingerprint density at radius 2 is 1.94 bits per heavy atom. The lowest BCUT2D eigenvalue weighted by molar-refractivity contribution is 0.578. The molecule has 6 heteroatoms. The average Bonchev–Trinajstić information content (AvgIpc) is 3.10. The molecule has 0 aliphatic heterocycles. The molecule has 1 aliphatic rings. The monoisotopic (exact) mass is 443 g/mol. The lowest BCUT2D eigenvalue weighted by Crippen LogP contribution is -2.27. The molecule has 0 fully saturated rings. The van der Waals surface area contributed by atoms with E-state index in [0.29, 0.717) is 26.9 Å². The van der Waals surface area contributed by atoms with Crippen LogP contribution in [0.4, 0.5) is 16.4 Å². The van der Waals surface area contributed by atoms with Gasteiger partial charge in [-0.05, 0) is 73.9 Å². The summed E-state index contributed by atoms with van der Waals surface area (Å²) in [5.41, 5.74) is 5.44. The zero-order chi connectivity index (χ0) is 23.1. The smallest absolute Gasteiger partial charge is 0.158 e. The van der Waals surface area contributed by atoms with Gasteiger partial charge in [0.1, 0.15) is 17.0 Å². The third-order valence-corrected chi connectivity index (χ3v) is 6.64. The summed E-state index contributed by atoms with van der Waals surface area (Å²) in [5, 5.41) is 27.8. The first-order valence-corrected chi connectivity index (χ1v) is 11.8. The van der Waals surface area contributed by atoms with Gasteiger partial charge in [0.25, 0.3) is 0 Å². The zero-order valence-corrected chi connectivity index (χ0v) is 20.0. The highest BCUT2D eigenvalue weighted by molar-refractivity contribution is 7.16. The van der Waals surface area contributed by atoms with Crippen LogP contribution in [-0.2, 0) is 0 Å². The van der Waals surface area contributed by atoms with Gasteiger partial charge in [-0.25, -0.2) is 0 Å². The number of azo groups is 1. The number of nitriles is 2. The van der Waals surface area contributed by atoms with Gasteiger partial charge >= 0.3 is 0 Å². The predicted octanol–water partition coefficient (Wildman–Crippen LogP) is 7.65. The van der Waals surface area contributed by atoms with Gasteiger partial charge in [-0.3, -0.25) is 0 Å². The Hall–Kier alpha value is -3.22. The highest BCUT2D eigenvalue weighted by Gasteiger charge is 2.15. The van der Waals surface area contributed by atoms with Gasteiger partial charge in [0, 0.05) is 18.8 Å². The van der Waals surface area contributed by atoms with Crippen molar-refractivity contribution < 1.29 is 0 Å². The normalized spacial score (nSPS) is 13.3. The standard InChI is InChI=1S/C26H29N5S/c1-18(2)12-13-31(17-21-8-6-5-7-9-21)22-10-11-24(19(3)14-22)29-30-26-23(15-27)20(4)25(16-28)32-26/h6,8-11,14,18H,5,7,12-13,17H2,1-4H3. The maximum atomic E-state index is 9.41. The van der Waals surface area contributed by atoms with Crippen molar-refractivity contribution >= 4 is 27.7 Å². The molecule has 1 aromatic heterocycles. The van der Waals surface area contributed by atoms with E-state index in [1.54, 1.807) is 6.92 Å². The van der Waals surface area contributed by atoms with Crippen LogP contribution in [0.15, 0.2) is 52.2 Å². The number of aryl methyl sites for hydroxylation is 1. The minimum absolute atomic E-state index is 0.429. The Kier molecular flexibility index (Phi) is 7.98. The number of benzene rings is 1.